The number of ether oxygens (including phenoxy) is 2. The summed E-state index contributed by atoms with van der Waals surface area (Å²) in [6.07, 6.45) is 2.32. The predicted molar refractivity (Wildman–Crippen MR) is 83.6 cm³/mol. The average molecular weight is 327 g/mol. The molecule has 0 unspecified atom stereocenters. The van der Waals surface area contributed by atoms with Crippen molar-refractivity contribution >= 4 is 29.1 Å². The number of methoxy groups -OCH3 is 2. The van der Waals surface area contributed by atoms with Gasteiger partial charge in [0.2, 0.25) is 11.8 Å². The zero-order valence-electron chi connectivity index (χ0n) is 12.6. The van der Waals surface area contributed by atoms with Crippen LogP contribution in [-0.4, -0.2) is 44.0 Å². The fraction of sp³-hybridized carbons (Fsp3) is 0.467. The number of anilines is 1. The Bertz CT molecular complexity index is 577. The molecule has 1 N–H and O–H groups in total. The zero-order valence-corrected chi connectivity index (χ0v) is 13.4. The summed E-state index contributed by atoms with van der Waals surface area (Å²) in [7, 11) is 2.99. The summed E-state index contributed by atoms with van der Waals surface area (Å²) in [5, 5.41) is 3.09. The van der Waals surface area contributed by atoms with E-state index in [4.69, 9.17) is 21.1 Å². The van der Waals surface area contributed by atoms with Crippen LogP contribution in [0, 0.1) is 0 Å². The van der Waals surface area contributed by atoms with Crippen LogP contribution < -0.4 is 14.8 Å². The van der Waals surface area contributed by atoms with Gasteiger partial charge in [-0.25, -0.2) is 0 Å². The first-order chi connectivity index (χ1) is 10.5. The van der Waals surface area contributed by atoms with E-state index in [0.717, 1.165) is 12.8 Å². The fourth-order valence-electron chi connectivity index (χ4n) is 2.35. The predicted octanol–water partition coefficient (Wildman–Crippen LogP) is 2.31. The number of piperidine rings is 1. The molecule has 7 heteroatoms. The van der Waals surface area contributed by atoms with Crippen molar-refractivity contribution in [2.75, 3.05) is 32.6 Å². The van der Waals surface area contributed by atoms with E-state index in [1.165, 1.54) is 14.2 Å². The second-order valence-electron chi connectivity index (χ2n) is 5.01. The van der Waals surface area contributed by atoms with Crippen LogP contribution in [0.15, 0.2) is 12.1 Å². The molecular formula is C15H19ClN2O4. The molecular weight excluding hydrogens is 308 g/mol. The van der Waals surface area contributed by atoms with E-state index in [0.29, 0.717) is 35.2 Å². The highest BCUT2D eigenvalue weighted by atomic mass is 35.5. The summed E-state index contributed by atoms with van der Waals surface area (Å²) in [6.45, 7) is 0.651. The number of hydrogen-bond donors (Lipinski definition) is 1. The van der Waals surface area contributed by atoms with Crippen molar-refractivity contribution in [2.24, 2.45) is 0 Å². The highest BCUT2D eigenvalue weighted by Crippen LogP contribution is 2.35. The lowest BCUT2D eigenvalue weighted by Gasteiger charge is -2.26. The van der Waals surface area contributed by atoms with Crippen LogP contribution in [0.1, 0.15) is 19.3 Å². The van der Waals surface area contributed by atoms with Crippen LogP contribution in [0.4, 0.5) is 5.69 Å². The van der Waals surface area contributed by atoms with Crippen LogP contribution in [-0.2, 0) is 9.59 Å². The molecule has 22 heavy (non-hydrogen) atoms. The lowest BCUT2D eigenvalue weighted by atomic mass is 10.1. The van der Waals surface area contributed by atoms with E-state index in [1.54, 1.807) is 17.0 Å². The fourth-order valence-corrected chi connectivity index (χ4v) is 2.59. The first-order valence-corrected chi connectivity index (χ1v) is 7.42. The molecule has 120 valence electrons. The van der Waals surface area contributed by atoms with E-state index in [1.807, 2.05) is 0 Å². The molecule has 0 spiro atoms. The Morgan fingerprint density at radius 3 is 2.64 bits per heavy atom. The number of halogens is 1. The van der Waals surface area contributed by atoms with Gasteiger partial charge in [-0.15, -0.1) is 0 Å². The molecule has 0 saturated carbocycles. The minimum atomic E-state index is -0.283. The van der Waals surface area contributed by atoms with Crippen molar-refractivity contribution in [3.05, 3.63) is 17.2 Å². The summed E-state index contributed by atoms with van der Waals surface area (Å²) in [5.74, 6) is 0.637. The van der Waals surface area contributed by atoms with Gasteiger partial charge in [0, 0.05) is 19.0 Å². The Kier molecular flexibility index (Phi) is 5.49. The molecule has 0 atom stereocenters. The number of amides is 2. The van der Waals surface area contributed by atoms with Gasteiger partial charge < -0.3 is 19.7 Å². The molecule has 1 fully saturated rings. The third kappa shape index (κ3) is 3.82. The normalized spacial score (nSPS) is 14.7. The van der Waals surface area contributed by atoms with E-state index in [2.05, 4.69) is 5.32 Å². The van der Waals surface area contributed by atoms with Crippen molar-refractivity contribution in [1.82, 2.24) is 4.90 Å². The largest absolute Gasteiger partial charge is 0.495 e. The molecule has 6 nitrogen and oxygen atoms in total. The third-order valence-corrected chi connectivity index (χ3v) is 3.80. The Morgan fingerprint density at radius 2 is 2.00 bits per heavy atom. The van der Waals surface area contributed by atoms with Gasteiger partial charge in [-0.2, -0.15) is 0 Å². The number of carbonyl (C=O) groups is 2. The number of nitrogens with zero attached hydrogens (tertiary/aromatic N) is 1. The van der Waals surface area contributed by atoms with Crippen molar-refractivity contribution in [3.8, 4) is 11.5 Å². The van der Waals surface area contributed by atoms with Gasteiger partial charge in [0.25, 0.3) is 0 Å². The maximum absolute atomic E-state index is 12.1. The molecule has 1 aliphatic heterocycles. The molecule has 1 aromatic rings. The molecule has 0 bridgehead atoms. The lowest BCUT2D eigenvalue weighted by Crippen LogP contribution is -2.40. The number of benzene rings is 1. The first-order valence-electron chi connectivity index (χ1n) is 7.04. The number of hydrogen-bond acceptors (Lipinski definition) is 4. The summed E-state index contributed by atoms with van der Waals surface area (Å²) in [6, 6.07) is 3.17. The molecule has 0 aromatic heterocycles. The van der Waals surface area contributed by atoms with E-state index in [9.17, 15) is 9.59 Å². The maximum Gasteiger partial charge on any atom is 0.244 e. The summed E-state index contributed by atoms with van der Waals surface area (Å²) in [5.41, 5.74) is 0.447. The van der Waals surface area contributed by atoms with Gasteiger partial charge in [-0.3, -0.25) is 9.59 Å². The van der Waals surface area contributed by atoms with Crippen molar-refractivity contribution in [1.29, 1.82) is 0 Å². The second kappa shape index (κ2) is 7.35. The van der Waals surface area contributed by atoms with Crippen LogP contribution in [0.3, 0.4) is 0 Å². The Morgan fingerprint density at radius 1 is 1.27 bits per heavy atom. The molecule has 1 heterocycles. The highest BCUT2D eigenvalue weighted by Gasteiger charge is 2.21. The Balaban J connectivity index is 2.07. The molecule has 1 aromatic carbocycles. The number of carbonyl (C=O) groups excluding carboxylic acids is 2. The number of nitrogens with one attached hydrogen (secondary N) is 1. The zero-order chi connectivity index (χ0) is 16.1. The topological polar surface area (TPSA) is 67.9 Å². The van der Waals surface area contributed by atoms with Gasteiger partial charge in [0.05, 0.1) is 31.5 Å². The number of rotatable bonds is 5. The minimum absolute atomic E-state index is 0.0149. The maximum atomic E-state index is 12.1. The van der Waals surface area contributed by atoms with Crippen LogP contribution in [0.5, 0.6) is 11.5 Å². The molecule has 2 rings (SSSR count). The standard InChI is InChI=1S/C15H19ClN2O4/c1-21-12-8-13(22-2)11(7-10(12)16)17-14(19)9-18-6-4-3-5-15(18)20/h7-8H,3-6,9H2,1-2H3,(H,17,19). The third-order valence-electron chi connectivity index (χ3n) is 3.50. The molecule has 0 radical (unpaired) electrons. The van der Waals surface area contributed by atoms with Gasteiger partial charge >= 0.3 is 0 Å². The van der Waals surface area contributed by atoms with Crippen LogP contribution in [0.25, 0.3) is 0 Å². The summed E-state index contributed by atoms with van der Waals surface area (Å²) >= 11 is 6.06. The van der Waals surface area contributed by atoms with E-state index < -0.39 is 0 Å². The molecule has 0 aliphatic carbocycles. The molecule has 2 amide bonds. The van der Waals surface area contributed by atoms with Crippen LogP contribution in [0.2, 0.25) is 5.02 Å². The molecule has 1 saturated heterocycles. The van der Waals surface area contributed by atoms with E-state index in [-0.39, 0.29) is 18.4 Å². The Labute approximate surface area is 134 Å². The summed E-state index contributed by atoms with van der Waals surface area (Å²) in [4.78, 5) is 25.4. The van der Waals surface area contributed by atoms with E-state index >= 15 is 0 Å². The Hall–Kier alpha value is -1.95. The number of likely N-dealkylation sites (tertiary alicyclic amines) is 1. The van der Waals surface area contributed by atoms with Gasteiger partial charge in [-0.1, -0.05) is 11.6 Å². The molecule has 1 aliphatic rings. The quantitative estimate of drug-likeness (QED) is 0.901. The van der Waals surface area contributed by atoms with Gasteiger partial charge in [0.1, 0.15) is 11.5 Å². The van der Waals surface area contributed by atoms with Crippen molar-refractivity contribution < 1.29 is 19.1 Å². The van der Waals surface area contributed by atoms with Crippen LogP contribution >= 0.6 is 11.6 Å². The first kappa shape index (κ1) is 16.4. The van der Waals surface area contributed by atoms with Gasteiger partial charge in [0.15, 0.2) is 0 Å². The van der Waals surface area contributed by atoms with Crippen molar-refractivity contribution in [2.45, 2.75) is 19.3 Å². The average Bonchev–Trinajstić information content (AvgIpc) is 2.50. The second-order valence-corrected chi connectivity index (χ2v) is 5.41. The van der Waals surface area contributed by atoms with Crippen molar-refractivity contribution in [3.63, 3.8) is 0 Å². The SMILES string of the molecule is COc1cc(OC)c(NC(=O)CN2CCCCC2=O)cc1Cl. The van der Waals surface area contributed by atoms with Gasteiger partial charge in [-0.05, 0) is 18.9 Å². The smallest absolute Gasteiger partial charge is 0.244 e. The summed E-state index contributed by atoms with van der Waals surface area (Å²) < 4.78 is 10.3. The lowest BCUT2D eigenvalue weighted by molar-refractivity contribution is -0.136. The minimum Gasteiger partial charge on any atom is -0.495 e. The highest BCUT2D eigenvalue weighted by molar-refractivity contribution is 6.32. The monoisotopic (exact) mass is 326 g/mol.